The number of halogens is 2. The summed E-state index contributed by atoms with van der Waals surface area (Å²) in [6.07, 6.45) is 0. The number of aromatic nitrogens is 1. The highest BCUT2D eigenvalue weighted by Gasteiger charge is 2.16. The van der Waals surface area contributed by atoms with E-state index in [1.54, 1.807) is 0 Å². The van der Waals surface area contributed by atoms with E-state index >= 15 is 0 Å². The topological polar surface area (TPSA) is 4.93 Å². The number of hydrogen-bond donors (Lipinski definition) is 0. The second-order valence-corrected chi connectivity index (χ2v) is 7.86. The molecule has 0 amide bonds. The van der Waals surface area contributed by atoms with Crippen LogP contribution in [0.2, 0.25) is 0 Å². The Morgan fingerprint density at radius 3 is 1.42 bits per heavy atom. The highest BCUT2D eigenvalue weighted by atomic mass is 79.9. The van der Waals surface area contributed by atoms with Crippen molar-refractivity contribution in [3.05, 3.63) is 69.6 Å². The summed E-state index contributed by atoms with van der Waals surface area (Å²) in [7, 11) is 2.15. The Labute approximate surface area is 156 Å². The zero-order chi connectivity index (χ0) is 16.4. The number of rotatable bonds is 0. The summed E-state index contributed by atoms with van der Waals surface area (Å²) in [5.41, 5.74) is 2.50. The average molecular weight is 439 g/mol. The van der Waals surface area contributed by atoms with E-state index in [0.29, 0.717) is 0 Å². The fourth-order valence-electron chi connectivity index (χ4n) is 3.82. The Morgan fingerprint density at radius 2 is 1.00 bits per heavy atom. The van der Waals surface area contributed by atoms with Crippen LogP contribution in [0.1, 0.15) is 0 Å². The number of aryl methyl sites for hydroxylation is 1. The summed E-state index contributed by atoms with van der Waals surface area (Å²) < 4.78 is 4.57. The van der Waals surface area contributed by atoms with E-state index in [4.69, 9.17) is 0 Å². The van der Waals surface area contributed by atoms with Crippen LogP contribution in [0.15, 0.2) is 69.6 Å². The Morgan fingerprint density at radius 1 is 0.625 bits per heavy atom. The van der Waals surface area contributed by atoms with E-state index in [1.165, 1.54) is 43.4 Å². The molecule has 1 nitrogen and oxygen atoms in total. The van der Waals surface area contributed by atoms with Gasteiger partial charge in [0.05, 0.1) is 11.0 Å². The summed E-state index contributed by atoms with van der Waals surface area (Å²) in [5.74, 6) is 0. The van der Waals surface area contributed by atoms with Crippen LogP contribution in [0.25, 0.3) is 43.4 Å². The Kier molecular flexibility index (Phi) is 3.07. The molecule has 1 heterocycles. The lowest BCUT2D eigenvalue weighted by molar-refractivity contribution is 1.01. The standard InChI is InChI=1S/C21H13Br2N/c1-24-18-10-16(22)12-6-2-4-8-14(12)20(18)21-15-9-5-3-7-13(15)17(23)11-19(21)24/h2-11H,1H3. The lowest BCUT2D eigenvalue weighted by Gasteiger charge is -2.06. The molecular formula is C21H13Br2N. The van der Waals surface area contributed by atoms with Crippen LogP contribution in [0, 0.1) is 0 Å². The molecule has 0 atom stereocenters. The van der Waals surface area contributed by atoms with Gasteiger partial charge < -0.3 is 4.57 Å². The smallest absolute Gasteiger partial charge is 0.0506 e. The first-order valence-electron chi connectivity index (χ1n) is 7.83. The van der Waals surface area contributed by atoms with Gasteiger partial charge in [-0.1, -0.05) is 80.4 Å². The second kappa shape index (κ2) is 5.08. The second-order valence-electron chi connectivity index (χ2n) is 6.16. The van der Waals surface area contributed by atoms with Crippen molar-refractivity contribution in [1.82, 2.24) is 4.57 Å². The maximum atomic E-state index is 3.75. The number of hydrogen-bond acceptors (Lipinski definition) is 0. The fourth-order valence-corrected chi connectivity index (χ4v) is 4.94. The van der Waals surface area contributed by atoms with Crippen LogP contribution in [0.5, 0.6) is 0 Å². The molecule has 3 heteroatoms. The normalized spacial score (nSPS) is 12.0. The van der Waals surface area contributed by atoms with Crippen molar-refractivity contribution in [1.29, 1.82) is 0 Å². The van der Waals surface area contributed by atoms with Gasteiger partial charge in [0.2, 0.25) is 0 Å². The minimum Gasteiger partial charge on any atom is -0.344 e. The maximum absolute atomic E-state index is 3.75. The highest BCUT2D eigenvalue weighted by molar-refractivity contribution is 9.11. The third kappa shape index (κ3) is 1.80. The van der Waals surface area contributed by atoms with Crippen molar-refractivity contribution in [3.63, 3.8) is 0 Å². The van der Waals surface area contributed by atoms with Gasteiger partial charge in [-0.3, -0.25) is 0 Å². The molecule has 0 saturated carbocycles. The van der Waals surface area contributed by atoms with E-state index < -0.39 is 0 Å². The van der Waals surface area contributed by atoms with Crippen molar-refractivity contribution in [3.8, 4) is 0 Å². The summed E-state index contributed by atoms with van der Waals surface area (Å²) in [5, 5.41) is 7.75. The van der Waals surface area contributed by atoms with Gasteiger partial charge in [-0.15, -0.1) is 0 Å². The third-order valence-corrected chi connectivity index (χ3v) is 6.23. The van der Waals surface area contributed by atoms with Crippen LogP contribution in [0.4, 0.5) is 0 Å². The molecule has 0 aliphatic rings. The number of nitrogens with zero attached hydrogens (tertiary/aromatic N) is 1. The van der Waals surface area contributed by atoms with Crippen LogP contribution < -0.4 is 0 Å². The fraction of sp³-hybridized carbons (Fsp3) is 0.0476. The largest absolute Gasteiger partial charge is 0.344 e. The lowest BCUT2D eigenvalue weighted by Crippen LogP contribution is -1.87. The molecule has 0 spiro atoms. The molecule has 0 aliphatic carbocycles. The van der Waals surface area contributed by atoms with Crippen molar-refractivity contribution >= 4 is 75.2 Å². The molecule has 0 N–H and O–H groups in total. The Balaban J connectivity index is 2.22. The van der Waals surface area contributed by atoms with E-state index in [9.17, 15) is 0 Å². The van der Waals surface area contributed by atoms with Gasteiger partial charge in [-0.05, 0) is 33.7 Å². The summed E-state index contributed by atoms with van der Waals surface area (Å²) in [4.78, 5) is 0. The van der Waals surface area contributed by atoms with Gasteiger partial charge in [-0.25, -0.2) is 0 Å². The van der Waals surface area contributed by atoms with Crippen molar-refractivity contribution in [2.75, 3.05) is 0 Å². The van der Waals surface area contributed by atoms with Gasteiger partial charge in [0, 0.05) is 26.8 Å². The number of benzene rings is 4. The summed E-state index contributed by atoms with van der Waals surface area (Å²) in [6.45, 7) is 0. The first-order valence-corrected chi connectivity index (χ1v) is 9.42. The van der Waals surface area contributed by atoms with Gasteiger partial charge >= 0.3 is 0 Å². The first-order chi connectivity index (χ1) is 11.7. The zero-order valence-corrected chi connectivity index (χ0v) is 16.1. The van der Waals surface area contributed by atoms with Crippen molar-refractivity contribution in [2.45, 2.75) is 0 Å². The molecule has 4 aromatic carbocycles. The molecule has 24 heavy (non-hydrogen) atoms. The predicted octanol–water partition coefficient (Wildman–Crippen LogP) is 7.16. The molecule has 5 rings (SSSR count). The van der Waals surface area contributed by atoms with Crippen LogP contribution >= 0.6 is 31.9 Å². The van der Waals surface area contributed by atoms with Crippen LogP contribution in [0.3, 0.4) is 0 Å². The zero-order valence-electron chi connectivity index (χ0n) is 13.0. The molecule has 116 valence electrons. The van der Waals surface area contributed by atoms with Crippen molar-refractivity contribution in [2.24, 2.45) is 7.05 Å². The average Bonchev–Trinajstić information content (AvgIpc) is 2.89. The van der Waals surface area contributed by atoms with Crippen LogP contribution in [-0.2, 0) is 7.05 Å². The van der Waals surface area contributed by atoms with E-state index in [0.717, 1.165) is 8.95 Å². The maximum Gasteiger partial charge on any atom is 0.0506 e. The Hall–Kier alpha value is -1.84. The first kappa shape index (κ1) is 14.5. The summed E-state index contributed by atoms with van der Waals surface area (Å²) in [6, 6.07) is 21.7. The Bertz CT molecular complexity index is 1180. The summed E-state index contributed by atoms with van der Waals surface area (Å²) >= 11 is 7.50. The van der Waals surface area contributed by atoms with E-state index in [-0.39, 0.29) is 0 Å². The molecule has 0 bridgehead atoms. The van der Waals surface area contributed by atoms with E-state index in [1.807, 2.05) is 0 Å². The molecule has 0 fully saturated rings. The van der Waals surface area contributed by atoms with Gasteiger partial charge in [-0.2, -0.15) is 0 Å². The molecule has 0 saturated heterocycles. The van der Waals surface area contributed by atoms with Gasteiger partial charge in [0.1, 0.15) is 0 Å². The monoisotopic (exact) mass is 437 g/mol. The minimum atomic E-state index is 1.14. The van der Waals surface area contributed by atoms with E-state index in [2.05, 4.69) is 104 Å². The molecule has 0 radical (unpaired) electrons. The van der Waals surface area contributed by atoms with Gasteiger partial charge in [0.15, 0.2) is 0 Å². The minimum absolute atomic E-state index is 1.14. The lowest BCUT2D eigenvalue weighted by atomic mass is 10.00. The molecule has 5 aromatic rings. The quantitative estimate of drug-likeness (QED) is 0.241. The molecule has 0 unspecified atom stereocenters. The number of fused-ring (bicyclic) bond motifs is 7. The predicted molar refractivity (Wildman–Crippen MR) is 111 cm³/mol. The molecule has 1 aromatic heterocycles. The highest BCUT2D eigenvalue weighted by Crippen LogP contribution is 2.42. The van der Waals surface area contributed by atoms with Crippen molar-refractivity contribution < 1.29 is 0 Å². The SMILES string of the molecule is Cn1c2cc(Br)c3ccccc3c2c2c3ccccc3c(Br)cc21. The van der Waals surface area contributed by atoms with Gasteiger partial charge in [0.25, 0.3) is 0 Å². The third-order valence-electron chi connectivity index (χ3n) is 4.92. The molecular weight excluding hydrogens is 426 g/mol. The molecule has 0 aliphatic heterocycles. The van der Waals surface area contributed by atoms with Crippen LogP contribution in [-0.4, -0.2) is 4.57 Å².